The van der Waals surface area contributed by atoms with E-state index >= 15 is 0 Å². The molecule has 7 nitrogen and oxygen atoms in total. The van der Waals surface area contributed by atoms with E-state index in [4.69, 9.17) is 38.1 Å². The number of ether oxygens (including phenoxy) is 2. The molecule has 0 saturated heterocycles. The Morgan fingerprint density at radius 3 is 2.61 bits per heavy atom. The molecular weight excluding hydrogens is 539 g/mol. The molecule has 1 saturated carbocycles. The van der Waals surface area contributed by atoms with Crippen molar-refractivity contribution in [2.75, 3.05) is 6.61 Å². The second-order valence-electron chi connectivity index (χ2n) is 8.23. The molecule has 0 radical (unpaired) electrons. The molecule has 1 amide bonds. The van der Waals surface area contributed by atoms with Crippen molar-refractivity contribution in [2.24, 2.45) is 11.7 Å². The van der Waals surface area contributed by atoms with Gasteiger partial charge in [0.15, 0.2) is 23.0 Å². The number of hydrogen-bond donors (Lipinski definition) is 2. The first-order chi connectivity index (χ1) is 16.7. The maximum Gasteiger partial charge on any atom is 0.387 e. The molecule has 1 aliphatic rings. The Hall–Kier alpha value is -2.59. The third-order valence-corrected chi connectivity index (χ3v) is 5.90. The lowest BCUT2D eigenvalue weighted by Gasteiger charge is -2.12. The van der Waals surface area contributed by atoms with Crippen LogP contribution in [-0.4, -0.2) is 24.1 Å². The summed E-state index contributed by atoms with van der Waals surface area (Å²) in [7, 11) is 0. The van der Waals surface area contributed by atoms with Gasteiger partial charge in [-0.05, 0) is 61.6 Å². The van der Waals surface area contributed by atoms with E-state index in [9.17, 15) is 13.6 Å². The summed E-state index contributed by atoms with van der Waals surface area (Å²) in [5.74, 6) is 0.190. The molecule has 2 aromatic carbocycles. The van der Waals surface area contributed by atoms with E-state index in [0.29, 0.717) is 33.7 Å². The fourth-order valence-corrected chi connectivity index (χ4v) is 3.77. The molecule has 1 heterocycles. The van der Waals surface area contributed by atoms with Crippen LogP contribution in [-0.2, 0) is 6.54 Å². The summed E-state index contributed by atoms with van der Waals surface area (Å²) in [4.78, 5) is 17.2. The van der Waals surface area contributed by atoms with Gasteiger partial charge in [-0.15, -0.1) is 12.4 Å². The number of nitrogens with zero attached hydrogens (tertiary/aromatic N) is 1. The highest BCUT2D eigenvalue weighted by Crippen LogP contribution is 2.37. The number of aromatic nitrogens is 1. The monoisotopic (exact) mass is 561 g/mol. The largest absolute Gasteiger partial charge is 0.489 e. The Balaban J connectivity index is 0.00000361. The van der Waals surface area contributed by atoms with Crippen molar-refractivity contribution in [1.29, 1.82) is 0 Å². The number of hydrogen-bond acceptors (Lipinski definition) is 6. The van der Waals surface area contributed by atoms with E-state index in [1.165, 1.54) is 18.2 Å². The SMILES string of the molecule is C[C@H](N)c1oc(-c2ccc(OC(F)F)c(OCC3CC3)c2)nc1C(=O)NCc1ccc(Cl)cc1Cl.Cl. The van der Waals surface area contributed by atoms with Crippen molar-refractivity contribution in [2.45, 2.75) is 39.0 Å². The Labute approximate surface area is 222 Å². The minimum Gasteiger partial charge on any atom is -0.489 e. The zero-order chi connectivity index (χ0) is 25.1. The van der Waals surface area contributed by atoms with Crippen LogP contribution in [0.25, 0.3) is 11.5 Å². The van der Waals surface area contributed by atoms with Gasteiger partial charge in [-0.1, -0.05) is 29.3 Å². The van der Waals surface area contributed by atoms with Crippen LogP contribution < -0.4 is 20.5 Å². The van der Waals surface area contributed by atoms with Gasteiger partial charge in [-0.25, -0.2) is 4.98 Å². The van der Waals surface area contributed by atoms with E-state index in [1.54, 1.807) is 25.1 Å². The molecule has 1 fully saturated rings. The number of amides is 1. The highest BCUT2D eigenvalue weighted by Gasteiger charge is 2.26. The predicted octanol–water partition coefficient (Wildman–Crippen LogP) is 6.41. The van der Waals surface area contributed by atoms with Crippen LogP contribution in [0.3, 0.4) is 0 Å². The molecule has 0 spiro atoms. The standard InChI is InChI=1S/C24H23Cl2F2N3O4.ClH/c1-12(29)21-20(22(32)30-10-15-4-6-16(25)9-17(15)26)31-23(35-21)14-5-7-18(34-24(27)28)19(8-14)33-11-13-2-3-13;/h4-9,12-13,24H,2-3,10-11,29H2,1H3,(H,30,32);1H/t12-;/m0./s1. The van der Waals surface area contributed by atoms with Crippen LogP contribution in [0.4, 0.5) is 8.78 Å². The Kier molecular flexibility index (Phi) is 9.41. The quantitative estimate of drug-likeness (QED) is 0.296. The number of oxazole rings is 1. The van der Waals surface area contributed by atoms with E-state index in [-0.39, 0.29) is 47.8 Å². The predicted molar refractivity (Wildman–Crippen MR) is 134 cm³/mol. The van der Waals surface area contributed by atoms with Crippen LogP contribution in [0.15, 0.2) is 40.8 Å². The van der Waals surface area contributed by atoms with Gasteiger partial charge in [0, 0.05) is 22.2 Å². The fraction of sp³-hybridized carbons (Fsp3) is 0.333. The van der Waals surface area contributed by atoms with Crippen molar-refractivity contribution < 1.29 is 27.5 Å². The molecule has 12 heteroatoms. The molecule has 1 aromatic heterocycles. The van der Waals surface area contributed by atoms with Crippen LogP contribution in [0.2, 0.25) is 10.0 Å². The molecule has 1 aliphatic carbocycles. The van der Waals surface area contributed by atoms with Gasteiger partial charge in [0.05, 0.1) is 12.6 Å². The third kappa shape index (κ3) is 7.00. The molecule has 4 rings (SSSR count). The number of alkyl halides is 2. The van der Waals surface area contributed by atoms with Gasteiger partial charge < -0.3 is 24.9 Å². The first kappa shape index (κ1) is 28.0. The molecule has 0 aliphatic heterocycles. The van der Waals surface area contributed by atoms with Gasteiger partial charge in [0.2, 0.25) is 5.89 Å². The highest BCUT2D eigenvalue weighted by atomic mass is 35.5. The maximum absolute atomic E-state index is 12.9. The summed E-state index contributed by atoms with van der Waals surface area (Å²) in [6.07, 6.45) is 2.06. The second kappa shape index (κ2) is 12.1. The van der Waals surface area contributed by atoms with Crippen LogP contribution >= 0.6 is 35.6 Å². The van der Waals surface area contributed by atoms with E-state index < -0.39 is 18.6 Å². The fourth-order valence-electron chi connectivity index (χ4n) is 3.29. The van der Waals surface area contributed by atoms with Gasteiger partial charge in [-0.3, -0.25) is 4.79 Å². The van der Waals surface area contributed by atoms with Gasteiger partial charge >= 0.3 is 6.61 Å². The summed E-state index contributed by atoms with van der Waals surface area (Å²) >= 11 is 12.1. The van der Waals surface area contributed by atoms with Crippen LogP contribution in [0.1, 0.15) is 47.6 Å². The number of rotatable bonds is 10. The first-order valence-electron chi connectivity index (χ1n) is 10.9. The third-order valence-electron chi connectivity index (χ3n) is 5.31. The highest BCUT2D eigenvalue weighted by molar-refractivity contribution is 6.35. The van der Waals surface area contributed by atoms with Gasteiger partial charge in [0.25, 0.3) is 5.91 Å². The van der Waals surface area contributed by atoms with Crippen molar-refractivity contribution in [3.05, 3.63) is 63.5 Å². The molecular formula is C24H24Cl3F2N3O4. The minimum atomic E-state index is -3.00. The topological polar surface area (TPSA) is 99.6 Å². The Morgan fingerprint density at radius 2 is 1.97 bits per heavy atom. The second-order valence-corrected chi connectivity index (χ2v) is 9.08. The van der Waals surface area contributed by atoms with Gasteiger partial charge in [-0.2, -0.15) is 8.78 Å². The summed E-state index contributed by atoms with van der Waals surface area (Å²) in [6, 6.07) is 8.65. The Morgan fingerprint density at radius 1 is 1.22 bits per heavy atom. The summed E-state index contributed by atoms with van der Waals surface area (Å²) in [5.41, 5.74) is 7.10. The van der Waals surface area contributed by atoms with Crippen molar-refractivity contribution in [3.8, 4) is 23.0 Å². The van der Waals surface area contributed by atoms with Crippen LogP contribution in [0, 0.1) is 5.92 Å². The van der Waals surface area contributed by atoms with E-state index in [1.807, 2.05) is 0 Å². The molecule has 36 heavy (non-hydrogen) atoms. The number of carbonyl (C=O) groups excluding carboxylic acids is 1. The Bertz CT molecular complexity index is 1220. The van der Waals surface area contributed by atoms with E-state index in [2.05, 4.69) is 15.0 Å². The average molecular weight is 563 g/mol. The molecule has 1 atom stereocenters. The summed E-state index contributed by atoms with van der Waals surface area (Å²) < 4.78 is 41.7. The molecule has 3 aromatic rings. The number of benzene rings is 2. The maximum atomic E-state index is 12.9. The summed E-state index contributed by atoms with van der Waals surface area (Å²) in [5, 5.41) is 3.64. The number of halogens is 5. The lowest BCUT2D eigenvalue weighted by molar-refractivity contribution is -0.0515. The molecule has 194 valence electrons. The zero-order valence-corrected chi connectivity index (χ0v) is 21.4. The summed E-state index contributed by atoms with van der Waals surface area (Å²) in [6.45, 7) is -0.824. The van der Waals surface area contributed by atoms with Crippen molar-refractivity contribution in [1.82, 2.24) is 10.3 Å². The van der Waals surface area contributed by atoms with Gasteiger partial charge in [0.1, 0.15) is 0 Å². The number of nitrogens with one attached hydrogen (secondary N) is 1. The lowest BCUT2D eigenvalue weighted by Crippen LogP contribution is -2.25. The van der Waals surface area contributed by atoms with Crippen LogP contribution in [0.5, 0.6) is 11.5 Å². The van der Waals surface area contributed by atoms with Crippen molar-refractivity contribution in [3.63, 3.8) is 0 Å². The average Bonchev–Trinajstić information content (AvgIpc) is 3.52. The van der Waals surface area contributed by atoms with Crippen molar-refractivity contribution >= 4 is 41.5 Å². The first-order valence-corrected chi connectivity index (χ1v) is 11.7. The zero-order valence-electron chi connectivity index (χ0n) is 19.1. The number of carbonyl (C=O) groups is 1. The molecule has 0 bridgehead atoms. The smallest absolute Gasteiger partial charge is 0.387 e. The lowest BCUT2D eigenvalue weighted by atomic mass is 10.2. The van der Waals surface area contributed by atoms with E-state index in [0.717, 1.165) is 12.8 Å². The normalized spacial score (nSPS) is 13.8. The molecule has 0 unspecified atom stereocenters. The number of nitrogens with two attached hydrogens (primary N) is 1. The molecule has 3 N–H and O–H groups in total. The minimum absolute atomic E-state index is 0.